The van der Waals surface area contributed by atoms with E-state index in [1.54, 1.807) is 18.2 Å². The fraction of sp³-hybridized carbons (Fsp3) is 0.118. The summed E-state index contributed by atoms with van der Waals surface area (Å²) >= 11 is 0. The normalized spacial score (nSPS) is 11.7. The van der Waals surface area contributed by atoms with E-state index < -0.39 is 5.97 Å². The molecule has 0 N–H and O–H groups in total. The van der Waals surface area contributed by atoms with Crippen molar-refractivity contribution in [3.05, 3.63) is 42.5 Å². The molecular weight excluding hydrogens is 312 g/mol. The van der Waals surface area contributed by atoms with Gasteiger partial charge in [-0.3, -0.25) is 0 Å². The molecule has 1 aliphatic heterocycles. The molecule has 0 aliphatic carbocycles. The molecule has 0 amide bonds. The molecule has 2 aromatic carbocycles. The highest BCUT2D eigenvalue weighted by molar-refractivity contribution is 5.76. The first-order valence-corrected chi connectivity index (χ1v) is 7.20. The number of aromatic nitrogens is 2. The molecule has 7 nitrogen and oxygen atoms in total. The van der Waals surface area contributed by atoms with E-state index in [-0.39, 0.29) is 18.4 Å². The third-order valence-corrected chi connectivity index (χ3v) is 3.43. The Kier molecular flexibility index (Phi) is 3.38. The second kappa shape index (κ2) is 5.69. The minimum Gasteiger partial charge on any atom is -0.478 e. The summed E-state index contributed by atoms with van der Waals surface area (Å²) in [6.45, 7) is -0.230. The van der Waals surface area contributed by atoms with Gasteiger partial charge in [0.1, 0.15) is 0 Å². The monoisotopic (exact) mass is 324 g/mol. The van der Waals surface area contributed by atoms with E-state index in [0.717, 1.165) is 0 Å². The highest BCUT2D eigenvalue weighted by Crippen LogP contribution is 2.48. The van der Waals surface area contributed by atoms with Crippen LogP contribution in [0.15, 0.2) is 42.5 Å². The van der Waals surface area contributed by atoms with Crippen molar-refractivity contribution in [1.29, 1.82) is 0 Å². The van der Waals surface area contributed by atoms with Crippen LogP contribution in [-0.4, -0.2) is 29.7 Å². The standard InChI is InChI=1S/C17H12N2O5/c1-21-14(20)9-22-12-7-4-8-13-15(12)24-17-16(23-13)18-10-5-2-3-6-11(10)19-17/h2-8H,9H2,1H3. The molecule has 7 heteroatoms. The number of hydrogen-bond acceptors (Lipinski definition) is 7. The number of esters is 1. The maximum atomic E-state index is 11.3. The van der Waals surface area contributed by atoms with Crippen LogP contribution in [0.1, 0.15) is 0 Å². The highest BCUT2D eigenvalue weighted by atomic mass is 16.6. The second-order valence-corrected chi connectivity index (χ2v) is 4.97. The van der Waals surface area contributed by atoms with E-state index in [0.29, 0.717) is 28.3 Å². The van der Waals surface area contributed by atoms with Gasteiger partial charge < -0.3 is 18.9 Å². The first-order chi connectivity index (χ1) is 11.7. The molecule has 0 saturated heterocycles. The molecule has 0 unspecified atom stereocenters. The Bertz CT molecular complexity index is 941. The zero-order chi connectivity index (χ0) is 16.5. The minimum absolute atomic E-state index is 0.230. The van der Waals surface area contributed by atoms with Crippen LogP contribution in [0.4, 0.5) is 0 Å². The van der Waals surface area contributed by atoms with Gasteiger partial charge in [0.25, 0.3) is 11.8 Å². The Morgan fingerprint density at radius 2 is 1.71 bits per heavy atom. The smallest absolute Gasteiger partial charge is 0.343 e. The predicted octanol–water partition coefficient (Wildman–Crippen LogP) is 3.08. The van der Waals surface area contributed by atoms with Gasteiger partial charge in [0.05, 0.1) is 18.1 Å². The lowest BCUT2D eigenvalue weighted by molar-refractivity contribution is -0.142. The van der Waals surface area contributed by atoms with Crippen molar-refractivity contribution in [2.45, 2.75) is 0 Å². The summed E-state index contributed by atoms with van der Waals surface area (Å²) in [5, 5.41) is 0. The van der Waals surface area contributed by atoms with Gasteiger partial charge in [-0.05, 0) is 24.3 Å². The molecule has 0 saturated carbocycles. The lowest BCUT2D eigenvalue weighted by atomic mass is 10.2. The Labute approximate surface area is 136 Å². The fourth-order valence-electron chi connectivity index (χ4n) is 2.29. The van der Waals surface area contributed by atoms with Crippen LogP contribution in [0.2, 0.25) is 0 Å². The molecule has 0 spiro atoms. The van der Waals surface area contributed by atoms with Gasteiger partial charge in [-0.15, -0.1) is 0 Å². The van der Waals surface area contributed by atoms with Gasteiger partial charge in [0, 0.05) is 0 Å². The topological polar surface area (TPSA) is 79.8 Å². The molecule has 24 heavy (non-hydrogen) atoms. The van der Waals surface area contributed by atoms with Crippen LogP contribution in [0.25, 0.3) is 11.0 Å². The number of hydrogen-bond donors (Lipinski definition) is 0. The number of benzene rings is 2. The van der Waals surface area contributed by atoms with E-state index in [1.165, 1.54) is 7.11 Å². The summed E-state index contributed by atoms with van der Waals surface area (Å²) in [6, 6.07) is 12.5. The van der Waals surface area contributed by atoms with Gasteiger partial charge in [-0.1, -0.05) is 18.2 Å². The van der Waals surface area contributed by atoms with Crippen LogP contribution in [0, 0.1) is 0 Å². The summed E-state index contributed by atoms with van der Waals surface area (Å²) in [4.78, 5) is 20.1. The molecule has 0 atom stereocenters. The first-order valence-electron chi connectivity index (χ1n) is 7.20. The van der Waals surface area contributed by atoms with Crippen LogP contribution in [0.5, 0.6) is 29.0 Å². The Balaban J connectivity index is 1.70. The number of carbonyl (C=O) groups is 1. The molecule has 2 heterocycles. The van der Waals surface area contributed by atoms with Crippen LogP contribution < -0.4 is 14.2 Å². The molecule has 1 aliphatic rings. The maximum Gasteiger partial charge on any atom is 0.343 e. The van der Waals surface area contributed by atoms with Crippen molar-refractivity contribution in [2.24, 2.45) is 0 Å². The molecule has 0 bridgehead atoms. The average Bonchev–Trinajstić information content (AvgIpc) is 2.62. The second-order valence-electron chi connectivity index (χ2n) is 4.97. The molecule has 1 aromatic heterocycles. The van der Waals surface area contributed by atoms with Crippen LogP contribution in [-0.2, 0) is 9.53 Å². The number of fused-ring (bicyclic) bond motifs is 3. The van der Waals surface area contributed by atoms with Gasteiger partial charge >= 0.3 is 5.97 Å². The van der Waals surface area contributed by atoms with E-state index in [4.69, 9.17) is 14.2 Å². The Morgan fingerprint density at radius 1 is 1.00 bits per heavy atom. The van der Waals surface area contributed by atoms with E-state index in [1.807, 2.05) is 24.3 Å². The molecule has 3 aromatic rings. The first kappa shape index (κ1) is 14.3. The van der Waals surface area contributed by atoms with Gasteiger partial charge in [0.15, 0.2) is 18.1 Å². The number of rotatable bonds is 3. The quantitative estimate of drug-likeness (QED) is 0.536. The van der Waals surface area contributed by atoms with Gasteiger partial charge in [0.2, 0.25) is 5.75 Å². The molecule has 0 radical (unpaired) electrons. The third-order valence-electron chi connectivity index (χ3n) is 3.43. The highest BCUT2D eigenvalue weighted by Gasteiger charge is 2.25. The van der Waals surface area contributed by atoms with Crippen molar-refractivity contribution in [2.75, 3.05) is 13.7 Å². The molecule has 4 rings (SSSR count). The average molecular weight is 324 g/mol. The van der Waals surface area contributed by atoms with Crippen LogP contribution >= 0.6 is 0 Å². The van der Waals surface area contributed by atoms with Crippen molar-refractivity contribution in [3.63, 3.8) is 0 Å². The molecule has 120 valence electrons. The van der Waals surface area contributed by atoms with Gasteiger partial charge in [-0.25, -0.2) is 14.8 Å². The van der Waals surface area contributed by atoms with E-state index in [9.17, 15) is 4.79 Å². The van der Waals surface area contributed by atoms with Crippen LogP contribution in [0.3, 0.4) is 0 Å². The summed E-state index contributed by atoms with van der Waals surface area (Å²) in [5.41, 5.74) is 1.40. The Morgan fingerprint density at radius 3 is 2.42 bits per heavy atom. The SMILES string of the molecule is COC(=O)COc1cccc2c1Oc1nc3ccccc3nc1O2. The summed E-state index contributed by atoms with van der Waals surface area (Å²) in [6.07, 6.45) is 0. The number of methoxy groups -OCH3 is 1. The van der Waals surface area contributed by atoms with Crippen molar-refractivity contribution in [1.82, 2.24) is 9.97 Å². The van der Waals surface area contributed by atoms with E-state index in [2.05, 4.69) is 14.7 Å². The van der Waals surface area contributed by atoms with Gasteiger partial charge in [-0.2, -0.15) is 0 Å². The summed E-state index contributed by atoms with van der Waals surface area (Å²) in [5.74, 6) is 1.18. The minimum atomic E-state index is -0.490. The van der Waals surface area contributed by atoms with Crippen molar-refractivity contribution < 1.29 is 23.7 Å². The number of nitrogens with zero attached hydrogens (tertiary/aromatic N) is 2. The zero-order valence-electron chi connectivity index (χ0n) is 12.7. The summed E-state index contributed by atoms with van der Waals surface area (Å²) < 4.78 is 21.6. The number of ether oxygens (including phenoxy) is 4. The van der Waals surface area contributed by atoms with Crippen molar-refractivity contribution in [3.8, 4) is 29.0 Å². The van der Waals surface area contributed by atoms with Crippen molar-refractivity contribution >= 4 is 17.0 Å². The maximum absolute atomic E-state index is 11.3. The lowest BCUT2D eigenvalue weighted by Gasteiger charge is -2.21. The predicted molar refractivity (Wildman–Crippen MR) is 83.6 cm³/mol. The number of carbonyl (C=O) groups excluding carboxylic acids is 1. The Hall–Kier alpha value is -3.35. The number of para-hydroxylation sites is 3. The molecule has 0 fully saturated rings. The molecular formula is C17H12N2O5. The largest absolute Gasteiger partial charge is 0.478 e. The lowest BCUT2D eigenvalue weighted by Crippen LogP contribution is -2.13. The third kappa shape index (κ3) is 2.45. The zero-order valence-corrected chi connectivity index (χ0v) is 12.7. The van der Waals surface area contributed by atoms with E-state index >= 15 is 0 Å². The fourth-order valence-corrected chi connectivity index (χ4v) is 2.29. The summed E-state index contributed by atoms with van der Waals surface area (Å²) in [7, 11) is 1.29.